The first kappa shape index (κ1) is 15.5. The zero-order valence-corrected chi connectivity index (χ0v) is 13.7. The molecule has 6 heteroatoms. The maximum Gasteiger partial charge on any atom is 0.151 e. The van der Waals surface area contributed by atoms with Gasteiger partial charge in [-0.25, -0.2) is 13.4 Å². The average Bonchev–Trinajstić information content (AvgIpc) is 2.75. The minimum absolute atomic E-state index is 0.0761. The monoisotopic (exact) mass is 299 g/mol. The van der Waals surface area contributed by atoms with Crippen molar-refractivity contribution in [3.05, 3.63) is 17.2 Å². The quantitative estimate of drug-likeness (QED) is 0.909. The number of sulfone groups is 1. The Morgan fingerprint density at radius 1 is 1.35 bits per heavy atom. The smallest absolute Gasteiger partial charge is 0.151 e. The molecule has 20 heavy (non-hydrogen) atoms. The predicted molar refractivity (Wildman–Crippen MR) is 80.7 cm³/mol. The van der Waals surface area contributed by atoms with E-state index in [9.17, 15) is 8.42 Å². The second kappa shape index (κ2) is 5.48. The highest BCUT2D eigenvalue weighted by atomic mass is 32.2. The number of hydrogen-bond acceptors (Lipinski definition) is 4. The maximum absolute atomic E-state index is 11.8. The van der Waals surface area contributed by atoms with Crippen molar-refractivity contribution in [3.8, 4) is 0 Å². The van der Waals surface area contributed by atoms with Crippen LogP contribution >= 0.6 is 0 Å². The molecule has 1 aliphatic heterocycles. The summed E-state index contributed by atoms with van der Waals surface area (Å²) in [6.45, 7) is 10.3. The van der Waals surface area contributed by atoms with E-state index in [1.807, 2.05) is 0 Å². The zero-order valence-electron chi connectivity index (χ0n) is 12.9. The first-order chi connectivity index (χ1) is 9.24. The molecule has 1 aromatic heterocycles. The van der Waals surface area contributed by atoms with Gasteiger partial charge in [-0.1, -0.05) is 27.7 Å². The lowest BCUT2D eigenvalue weighted by atomic mass is 9.95. The molecule has 0 amide bonds. The van der Waals surface area contributed by atoms with Gasteiger partial charge in [0.05, 0.1) is 11.4 Å². The summed E-state index contributed by atoms with van der Waals surface area (Å²) in [5.41, 5.74) is 2.21. The van der Waals surface area contributed by atoms with Crippen LogP contribution in [0.4, 0.5) is 0 Å². The summed E-state index contributed by atoms with van der Waals surface area (Å²) in [5.74, 6) is 1.40. The fraction of sp³-hybridized carbons (Fsp3) is 0.786. The van der Waals surface area contributed by atoms with Crippen LogP contribution in [0.1, 0.15) is 44.9 Å². The van der Waals surface area contributed by atoms with Crippen molar-refractivity contribution in [2.75, 3.05) is 18.1 Å². The Morgan fingerprint density at radius 2 is 2.05 bits per heavy atom. The molecule has 5 nitrogen and oxygen atoms in total. The molecule has 0 bridgehead atoms. The van der Waals surface area contributed by atoms with Crippen LogP contribution in [-0.2, 0) is 34.8 Å². The Bertz CT molecular complexity index is 582. The number of imidazole rings is 1. The van der Waals surface area contributed by atoms with Gasteiger partial charge in [-0.05, 0) is 0 Å². The van der Waals surface area contributed by atoms with E-state index in [1.165, 1.54) is 5.69 Å². The number of rotatable bonds is 4. The molecule has 2 heterocycles. The highest BCUT2D eigenvalue weighted by Crippen LogP contribution is 2.26. The van der Waals surface area contributed by atoms with Gasteiger partial charge in [0, 0.05) is 42.9 Å². The third kappa shape index (κ3) is 3.23. The number of aromatic nitrogens is 2. The van der Waals surface area contributed by atoms with Crippen LogP contribution < -0.4 is 5.32 Å². The van der Waals surface area contributed by atoms with Crippen molar-refractivity contribution < 1.29 is 8.42 Å². The van der Waals surface area contributed by atoms with Crippen LogP contribution in [0.5, 0.6) is 0 Å². The van der Waals surface area contributed by atoms with Crippen LogP contribution in [0.2, 0.25) is 0 Å². The van der Waals surface area contributed by atoms with Gasteiger partial charge in [0.2, 0.25) is 0 Å². The SMILES string of the molecule is CCS(=O)(=O)CCn1c(C(C)(C)C)nc2c1CCNC2. The molecule has 1 aliphatic rings. The van der Waals surface area contributed by atoms with E-state index in [2.05, 4.69) is 30.7 Å². The van der Waals surface area contributed by atoms with E-state index in [1.54, 1.807) is 6.92 Å². The minimum atomic E-state index is -2.95. The van der Waals surface area contributed by atoms with Gasteiger partial charge >= 0.3 is 0 Å². The lowest BCUT2D eigenvalue weighted by Crippen LogP contribution is -2.27. The van der Waals surface area contributed by atoms with Crippen molar-refractivity contribution in [3.63, 3.8) is 0 Å². The molecule has 1 N–H and O–H groups in total. The van der Waals surface area contributed by atoms with Crippen LogP contribution in [0, 0.1) is 0 Å². The number of fused-ring (bicyclic) bond motifs is 1. The first-order valence-corrected chi connectivity index (χ1v) is 9.06. The Kier molecular flexibility index (Phi) is 4.25. The lowest BCUT2D eigenvalue weighted by Gasteiger charge is -2.21. The summed E-state index contributed by atoms with van der Waals surface area (Å²) in [5, 5.41) is 3.32. The molecule has 0 atom stereocenters. The molecule has 0 fully saturated rings. The van der Waals surface area contributed by atoms with Crippen molar-refractivity contribution >= 4 is 9.84 Å². The number of hydrogen-bond donors (Lipinski definition) is 1. The summed E-state index contributed by atoms with van der Waals surface area (Å²) >= 11 is 0. The van der Waals surface area contributed by atoms with Gasteiger partial charge in [0.1, 0.15) is 5.82 Å². The predicted octanol–water partition coefficient (Wildman–Crippen LogP) is 1.26. The topological polar surface area (TPSA) is 64.0 Å². The lowest BCUT2D eigenvalue weighted by molar-refractivity contribution is 0.496. The summed E-state index contributed by atoms with van der Waals surface area (Å²) in [6, 6.07) is 0. The van der Waals surface area contributed by atoms with Gasteiger partial charge in [0.25, 0.3) is 0 Å². The highest BCUT2D eigenvalue weighted by Gasteiger charge is 2.27. The highest BCUT2D eigenvalue weighted by molar-refractivity contribution is 7.91. The molecular formula is C14H25N3O2S. The molecule has 0 saturated carbocycles. The van der Waals surface area contributed by atoms with E-state index in [0.29, 0.717) is 6.54 Å². The van der Waals surface area contributed by atoms with Crippen LogP contribution in [0.25, 0.3) is 0 Å². The summed E-state index contributed by atoms with van der Waals surface area (Å²) < 4.78 is 25.7. The van der Waals surface area contributed by atoms with Gasteiger partial charge < -0.3 is 9.88 Å². The minimum Gasteiger partial charge on any atom is -0.330 e. The molecule has 0 spiro atoms. The molecule has 0 unspecified atom stereocenters. The second-order valence-electron chi connectivity index (χ2n) is 6.39. The number of nitrogens with zero attached hydrogens (tertiary/aromatic N) is 2. The average molecular weight is 299 g/mol. The van der Waals surface area contributed by atoms with E-state index >= 15 is 0 Å². The van der Waals surface area contributed by atoms with Crippen molar-refractivity contribution in [1.82, 2.24) is 14.9 Å². The number of nitrogens with one attached hydrogen (secondary N) is 1. The zero-order chi connectivity index (χ0) is 15.0. The van der Waals surface area contributed by atoms with Gasteiger partial charge in [-0.2, -0.15) is 0 Å². The third-order valence-corrected chi connectivity index (χ3v) is 5.41. The molecule has 1 aromatic rings. The van der Waals surface area contributed by atoms with Crippen LogP contribution in [0.3, 0.4) is 0 Å². The van der Waals surface area contributed by atoms with Gasteiger partial charge in [-0.15, -0.1) is 0 Å². The fourth-order valence-electron chi connectivity index (χ4n) is 2.56. The van der Waals surface area contributed by atoms with E-state index in [0.717, 1.165) is 31.0 Å². The third-order valence-electron chi connectivity index (χ3n) is 3.72. The molecule has 2 rings (SSSR count). The summed E-state index contributed by atoms with van der Waals surface area (Å²) in [6.07, 6.45) is 0.921. The maximum atomic E-state index is 11.8. The molecule has 0 aromatic carbocycles. The Morgan fingerprint density at radius 3 is 2.65 bits per heavy atom. The largest absolute Gasteiger partial charge is 0.330 e. The van der Waals surface area contributed by atoms with Gasteiger partial charge in [-0.3, -0.25) is 0 Å². The molecule has 114 valence electrons. The summed E-state index contributed by atoms with van der Waals surface area (Å²) in [7, 11) is -2.95. The van der Waals surface area contributed by atoms with Crippen molar-refractivity contribution in [1.29, 1.82) is 0 Å². The van der Waals surface area contributed by atoms with E-state index < -0.39 is 9.84 Å². The van der Waals surface area contributed by atoms with Crippen LogP contribution in [-0.4, -0.2) is 36.0 Å². The van der Waals surface area contributed by atoms with E-state index in [4.69, 9.17) is 4.98 Å². The fourth-order valence-corrected chi connectivity index (χ4v) is 3.31. The second-order valence-corrected chi connectivity index (χ2v) is 8.87. The van der Waals surface area contributed by atoms with E-state index in [-0.39, 0.29) is 16.9 Å². The Labute approximate surface area is 121 Å². The normalized spacial score (nSPS) is 16.2. The molecular weight excluding hydrogens is 274 g/mol. The standard InChI is InChI=1S/C14H25N3O2S/c1-5-20(18,19)9-8-17-12-6-7-15-10-11(12)16-13(17)14(2,3)4/h15H,5-10H2,1-4H3. The molecule has 0 saturated heterocycles. The van der Waals surface area contributed by atoms with Gasteiger partial charge in [0.15, 0.2) is 9.84 Å². The van der Waals surface area contributed by atoms with Crippen LogP contribution in [0.15, 0.2) is 0 Å². The molecule has 0 aliphatic carbocycles. The Hall–Kier alpha value is -0.880. The Balaban J connectivity index is 2.36. The molecule has 0 radical (unpaired) electrons. The summed E-state index contributed by atoms with van der Waals surface area (Å²) in [4.78, 5) is 4.75. The van der Waals surface area contributed by atoms with Crippen molar-refractivity contribution in [2.24, 2.45) is 0 Å². The first-order valence-electron chi connectivity index (χ1n) is 7.24. The van der Waals surface area contributed by atoms with Crippen molar-refractivity contribution in [2.45, 2.75) is 52.6 Å².